The molecule has 2 N–H and O–H groups in total. The predicted octanol–water partition coefficient (Wildman–Crippen LogP) is 4.25. The molecule has 6 nitrogen and oxygen atoms in total. The van der Waals surface area contributed by atoms with Crippen molar-refractivity contribution >= 4 is 35.8 Å². The molecule has 0 fully saturated rings. The number of hydrogen-bond donors (Lipinski definition) is 2. The highest BCUT2D eigenvalue weighted by molar-refractivity contribution is 14.0. The average Bonchev–Trinajstić information content (AvgIpc) is 2.72. The van der Waals surface area contributed by atoms with Crippen LogP contribution >= 0.6 is 24.0 Å². The summed E-state index contributed by atoms with van der Waals surface area (Å²) in [5.74, 6) is 0.761. The number of amides is 1. The highest BCUT2D eigenvalue weighted by atomic mass is 127. The van der Waals surface area contributed by atoms with Crippen LogP contribution in [-0.4, -0.2) is 43.5 Å². The van der Waals surface area contributed by atoms with Gasteiger partial charge in [-0.15, -0.1) is 24.0 Å². The zero-order valence-corrected chi connectivity index (χ0v) is 20.2. The molecule has 0 atom stereocenters. The molecule has 0 heterocycles. The van der Waals surface area contributed by atoms with Crippen molar-refractivity contribution in [2.24, 2.45) is 4.99 Å². The van der Waals surface area contributed by atoms with Crippen molar-refractivity contribution in [2.45, 2.75) is 33.5 Å². The molecule has 9 heteroatoms. The van der Waals surface area contributed by atoms with E-state index in [9.17, 15) is 13.6 Å². The first-order valence-corrected chi connectivity index (χ1v) is 9.83. The Morgan fingerprint density at radius 1 is 1.00 bits per heavy atom. The summed E-state index contributed by atoms with van der Waals surface area (Å²) in [5.41, 5.74) is 2.55. The lowest BCUT2D eigenvalue weighted by atomic mass is 10.1. The summed E-state index contributed by atoms with van der Waals surface area (Å²) in [7, 11) is 1.91. The first-order valence-electron chi connectivity index (χ1n) is 9.83. The number of nitrogens with zero attached hydrogens (tertiary/aromatic N) is 2. The maximum atomic E-state index is 12.3. The fraction of sp³-hybridized carbons (Fsp3) is 0.364. The molecular weight excluding hydrogens is 517 g/mol. The van der Waals surface area contributed by atoms with Crippen LogP contribution in [0, 0.1) is 0 Å². The zero-order valence-electron chi connectivity index (χ0n) is 17.9. The van der Waals surface area contributed by atoms with Crippen LogP contribution in [0.4, 0.5) is 8.78 Å². The first-order chi connectivity index (χ1) is 14.4. The molecule has 0 aliphatic rings. The van der Waals surface area contributed by atoms with Crippen LogP contribution in [-0.2, 0) is 13.1 Å². The number of halogens is 3. The molecule has 170 valence electrons. The van der Waals surface area contributed by atoms with Gasteiger partial charge in [0.1, 0.15) is 5.75 Å². The molecule has 0 saturated carbocycles. The molecule has 0 aliphatic carbocycles. The maximum absolute atomic E-state index is 12.3. The highest BCUT2D eigenvalue weighted by Gasteiger charge is 2.09. The molecule has 31 heavy (non-hydrogen) atoms. The highest BCUT2D eigenvalue weighted by Crippen LogP contribution is 2.16. The molecule has 0 bridgehead atoms. The summed E-state index contributed by atoms with van der Waals surface area (Å²) < 4.78 is 28.9. The van der Waals surface area contributed by atoms with E-state index in [0.29, 0.717) is 31.7 Å². The average molecular weight is 546 g/mol. The van der Waals surface area contributed by atoms with E-state index in [0.717, 1.165) is 17.1 Å². The van der Waals surface area contributed by atoms with Gasteiger partial charge in [0.25, 0.3) is 5.91 Å². The van der Waals surface area contributed by atoms with Gasteiger partial charge < -0.3 is 20.3 Å². The topological polar surface area (TPSA) is 66.0 Å². The molecule has 2 rings (SSSR count). The van der Waals surface area contributed by atoms with Gasteiger partial charge in [-0.25, -0.2) is 4.99 Å². The van der Waals surface area contributed by atoms with Gasteiger partial charge in [0, 0.05) is 32.2 Å². The van der Waals surface area contributed by atoms with Gasteiger partial charge in [0.15, 0.2) is 5.96 Å². The minimum atomic E-state index is -2.83. The molecular formula is C22H29F2IN4O2. The zero-order chi connectivity index (χ0) is 21.9. The molecule has 2 aromatic rings. The lowest BCUT2D eigenvalue weighted by Gasteiger charge is -2.22. The lowest BCUT2D eigenvalue weighted by molar-refractivity contribution is -0.0498. The number of guanidine groups is 1. The second-order valence-corrected chi connectivity index (χ2v) is 6.61. The van der Waals surface area contributed by atoms with E-state index in [1.165, 1.54) is 12.1 Å². The normalized spacial score (nSPS) is 11.0. The minimum Gasteiger partial charge on any atom is -0.435 e. The third-order valence-electron chi connectivity index (χ3n) is 4.23. The molecule has 2 aromatic carbocycles. The van der Waals surface area contributed by atoms with Crippen LogP contribution in [0.2, 0.25) is 0 Å². The van der Waals surface area contributed by atoms with Crippen LogP contribution in [0.25, 0.3) is 0 Å². The number of hydrogen-bond acceptors (Lipinski definition) is 3. The standard InChI is InChI=1S/C22H28F2N4O2.HI/c1-4-25-20(29)18-10-6-16(7-11-18)14-27-22(26-5-2)28(3)15-17-8-12-19(13-9-17)30-21(23)24;/h6-13,21H,4-5,14-15H2,1-3H3,(H,25,29)(H,26,27);1H. The summed E-state index contributed by atoms with van der Waals surface area (Å²) in [6.45, 7) is 3.35. The molecule has 1 amide bonds. The van der Waals surface area contributed by atoms with Crippen LogP contribution in [0.3, 0.4) is 0 Å². The number of carbonyl (C=O) groups excluding carboxylic acids is 1. The van der Waals surface area contributed by atoms with Gasteiger partial charge in [0.2, 0.25) is 0 Å². The van der Waals surface area contributed by atoms with E-state index >= 15 is 0 Å². The number of benzene rings is 2. The van der Waals surface area contributed by atoms with Crippen LogP contribution in [0.1, 0.15) is 35.3 Å². The lowest BCUT2D eigenvalue weighted by Crippen LogP contribution is -2.38. The first kappa shape index (κ1) is 26.6. The minimum absolute atomic E-state index is 0. The Kier molecular flexibility index (Phi) is 11.8. The molecule has 0 saturated heterocycles. The number of rotatable bonds is 9. The van der Waals surface area contributed by atoms with Gasteiger partial charge in [-0.05, 0) is 49.2 Å². The number of alkyl halides is 2. The van der Waals surface area contributed by atoms with Crippen molar-refractivity contribution in [1.29, 1.82) is 0 Å². The second kappa shape index (κ2) is 13.8. The second-order valence-electron chi connectivity index (χ2n) is 6.61. The maximum Gasteiger partial charge on any atom is 0.387 e. The van der Waals surface area contributed by atoms with Crippen molar-refractivity contribution in [1.82, 2.24) is 15.5 Å². The SMILES string of the molecule is CCNC(=O)c1ccc(CN=C(NCC)N(C)Cc2ccc(OC(F)F)cc2)cc1.I. The van der Waals surface area contributed by atoms with Crippen molar-refractivity contribution in [3.05, 3.63) is 65.2 Å². The summed E-state index contributed by atoms with van der Waals surface area (Å²) in [6, 6.07) is 13.9. The fourth-order valence-electron chi connectivity index (χ4n) is 2.79. The van der Waals surface area contributed by atoms with Crippen LogP contribution in [0.5, 0.6) is 5.75 Å². The molecule has 0 unspecified atom stereocenters. The van der Waals surface area contributed by atoms with Crippen molar-refractivity contribution < 1.29 is 18.3 Å². The van der Waals surface area contributed by atoms with Crippen LogP contribution in [0.15, 0.2) is 53.5 Å². The fourth-order valence-corrected chi connectivity index (χ4v) is 2.79. The Labute approximate surface area is 199 Å². The Bertz CT molecular complexity index is 830. The van der Waals surface area contributed by atoms with E-state index in [1.807, 2.05) is 37.9 Å². The predicted molar refractivity (Wildman–Crippen MR) is 129 cm³/mol. The van der Waals surface area contributed by atoms with E-state index in [4.69, 9.17) is 0 Å². The molecule has 0 aromatic heterocycles. The van der Waals surface area contributed by atoms with E-state index in [2.05, 4.69) is 20.4 Å². The molecule has 0 radical (unpaired) electrons. The Hall–Kier alpha value is -2.43. The Morgan fingerprint density at radius 2 is 1.58 bits per heavy atom. The number of carbonyl (C=O) groups is 1. The molecule has 0 spiro atoms. The quantitative estimate of drug-likeness (QED) is 0.281. The number of aliphatic imine (C=N–C) groups is 1. The smallest absolute Gasteiger partial charge is 0.387 e. The number of nitrogens with one attached hydrogen (secondary N) is 2. The van der Waals surface area contributed by atoms with Gasteiger partial charge in [0.05, 0.1) is 6.54 Å². The van der Waals surface area contributed by atoms with Gasteiger partial charge >= 0.3 is 6.61 Å². The van der Waals surface area contributed by atoms with Crippen molar-refractivity contribution in [3.8, 4) is 5.75 Å². The van der Waals surface area contributed by atoms with Gasteiger partial charge in [-0.3, -0.25) is 4.79 Å². The van der Waals surface area contributed by atoms with Gasteiger partial charge in [-0.2, -0.15) is 8.78 Å². The summed E-state index contributed by atoms with van der Waals surface area (Å²) in [4.78, 5) is 18.5. The summed E-state index contributed by atoms with van der Waals surface area (Å²) in [6.07, 6.45) is 0. The van der Waals surface area contributed by atoms with Crippen molar-refractivity contribution in [3.63, 3.8) is 0 Å². The third-order valence-corrected chi connectivity index (χ3v) is 4.23. The van der Waals surface area contributed by atoms with E-state index < -0.39 is 6.61 Å². The largest absolute Gasteiger partial charge is 0.435 e. The van der Waals surface area contributed by atoms with Crippen LogP contribution < -0.4 is 15.4 Å². The van der Waals surface area contributed by atoms with E-state index in [-0.39, 0.29) is 35.6 Å². The Balaban J connectivity index is 0.00000480. The number of ether oxygens (including phenoxy) is 1. The summed E-state index contributed by atoms with van der Waals surface area (Å²) in [5, 5.41) is 6.02. The molecule has 0 aliphatic heterocycles. The van der Waals surface area contributed by atoms with Gasteiger partial charge in [-0.1, -0.05) is 24.3 Å². The third kappa shape index (κ3) is 9.07. The van der Waals surface area contributed by atoms with Crippen molar-refractivity contribution in [2.75, 3.05) is 20.1 Å². The Morgan fingerprint density at radius 3 is 2.13 bits per heavy atom. The monoisotopic (exact) mass is 546 g/mol. The van der Waals surface area contributed by atoms with E-state index in [1.54, 1.807) is 24.3 Å². The summed E-state index contributed by atoms with van der Waals surface area (Å²) >= 11 is 0.